The van der Waals surface area contributed by atoms with Crippen molar-refractivity contribution < 1.29 is 0 Å². The van der Waals surface area contributed by atoms with Crippen molar-refractivity contribution in [1.82, 2.24) is 0 Å². The molecule has 0 amide bonds. The van der Waals surface area contributed by atoms with Gasteiger partial charge < -0.3 is 0 Å². The maximum atomic E-state index is 3.70. The minimum atomic E-state index is 0.397. The predicted molar refractivity (Wildman–Crippen MR) is 62.0 cm³/mol. The van der Waals surface area contributed by atoms with Gasteiger partial charge in [-0.05, 0) is 25.5 Å². The fourth-order valence-corrected chi connectivity index (χ4v) is 1.15. The van der Waals surface area contributed by atoms with Gasteiger partial charge in [-0.3, -0.25) is 0 Å². The summed E-state index contributed by atoms with van der Waals surface area (Å²) in [7, 11) is 0. The summed E-state index contributed by atoms with van der Waals surface area (Å²) in [5, 5.41) is 0. The summed E-state index contributed by atoms with van der Waals surface area (Å²) in [4.78, 5) is 0. The van der Waals surface area contributed by atoms with Gasteiger partial charge in [0.05, 0.1) is 0 Å². The molecule has 0 aliphatic heterocycles. The lowest BCUT2D eigenvalue weighted by atomic mass is 10.1. The lowest BCUT2D eigenvalue weighted by molar-refractivity contribution is 0.774. The Morgan fingerprint density at radius 3 is 2.57 bits per heavy atom. The zero-order valence-corrected chi connectivity index (χ0v) is 8.88. The average molecular weight is 184 g/mol. The zero-order chi connectivity index (χ0) is 10.4. The molecule has 1 rings (SSSR count). The van der Waals surface area contributed by atoms with Crippen LogP contribution in [0.15, 0.2) is 36.9 Å². The van der Waals surface area contributed by atoms with Crippen molar-refractivity contribution >= 4 is 0 Å². The third kappa shape index (κ3) is 3.49. The first-order valence-corrected chi connectivity index (χ1v) is 4.91. The number of allylic oxidation sites excluding steroid dienone is 1. The number of benzene rings is 1. The molecule has 0 fully saturated rings. The summed E-state index contributed by atoms with van der Waals surface area (Å²) >= 11 is 0. The van der Waals surface area contributed by atoms with Crippen LogP contribution < -0.4 is 0 Å². The van der Waals surface area contributed by atoms with E-state index in [0.29, 0.717) is 5.92 Å². The van der Waals surface area contributed by atoms with E-state index in [4.69, 9.17) is 0 Å². The van der Waals surface area contributed by atoms with E-state index in [1.54, 1.807) is 0 Å². The standard InChI is InChI=1S/C14H16/c1-4-5-12(2)6-9-14-10-7-13(3)8-11-14/h4,7-8,10-12H,1,5H2,2-3H3. The van der Waals surface area contributed by atoms with Crippen LogP contribution in [-0.4, -0.2) is 0 Å². The van der Waals surface area contributed by atoms with Gasteiger partial charge in [-0.15, -0.1) is 6.58 Å². The number of rotatable bonds is 2. The van der Waals surface area contributed by atoms with Crippen LogP contribution >= 0.6 is 0 Å². The summed E-state index contributed by atoms with van der Waals surface area (Å²) in [5.41, 5.74) is 2.36. The second-order valence-electron chi connectivity index (χ2n) is 3.56. The van der Waals surface area contributed by atoms with Crippen LogP contribution in [-0.2, 0) is 0 Å². The molecular weight excluding hydrogens is 168 g/mol. The first-order chi connectivity index (χ1) is 6.72. The van der Waals surface area contributed by atoms with Crippen molar-refractivity contribution in [1.29, 1.82) is 0 Å². The van der Waals surface area contributed by atoms with Crippen molar-refractivity contribution in [2.45, 2.75) is 20.3 Å². The van der Waals surface area contributed by atoms with Crippen molar-refractivity contribution in [2.24, 2.45) is 5.92 Å². The molecule has 0 heterocycles. The Balaban J connectivity index is 2.67. The van der Waals surface area contributed by atoms with E-state index < -0.39 is 0 Å². The molecular formula is C14H16. The fourth-order valence-electron chi connectivity index (χ4n) is 1.15. The third-order valence-electron chi connectivity index (χ3n) is 2.03. The quantitative estimate of drug-likeness (QED) is 0.487. The van der Waals surface area contributed by atoms with Gasteiger partial charge in [0.1, 0.15) is 0 Å². The first kappa shape index (κ1) is 10.6. The van der Waals surface area contributed by atoms with Gasteiger partial charge in [0.25, 0.3) is 0 Å². The maximum Gasteiger partial charge on any atom is 0.0245 e. The van der Waals surface area contributed by atoms with Crippen molar-refractivity contribution in [3.8, 4) is 11.8 Å². The summed E-state index contributed by atoms with van der Waals surface area (Å²) in [6.07, 6.45) is 2.87. The lowest BCUT2D eigenvalue weighted by Crippen LogP contribution is -1.86. The normalized spacial score (nSPS) is 11.3. The van der Waals surface area contributed by atoms with Gasteiger partial charge in [-0.1, -0.05) is 42.5 Å². The highest BCUT2D eigenvalue weighted by atomic mass is 14.0. The maximum absolute atomic E-state index is 3.70. The van der Waals surface area contributed by atoms with Crippen LogP contribution in [0.5, 0.6) is 0 Å². The highest BCUT2D eigenvalue weighted by Gasteiger charge is 1.91. The van der Waals surface area contributed by atoms with Crippen LogP contribution in [0.25, 0.3) is 0 Å². The zero-order valence-electron chi connectivity index (χ0n) is 8.88. The van der Waals surface area contributed by atoms with Crippen LogP contribution in [0, 0.1) is 24.7 Å². The second kappa shape index (κ2) is 5.29. The molecule has 0 bridgehead atoms. The second-order valence-corrected chi connectivity index (χ2v) is 3.56. The minimum Gasteiger partial charge on any atom is -0.103 e. The van der Waals surface area contributed by atoms with E-state index >= 15 is 0 Å². The Morgan fingerprint density at radius 1 is 1.36 bits per heavy atom. The summed E-state index contributed by atoms with van der Waals surface area (Å²) in [5.74, 6) is 6.75. The van der Waals surface area contributed by atoms with Gasteiger partial charge >= 0.3 is 0 Å². The van der Waals surface area contributed by atoms with Crippen molar-refractivity contribution in [3.63, 3.8) is 0 Å². The molecule has 1 unspecified atom stereocenters. The molecule has 72 valence electrons. The smallest absolute Gasteiger partial charge is 0.0245 e. The molecule has 0 aliphatic rings. The summed E-state index contributed by atoms with van der Waals surface area (Å²) in [6, 6.07) is 8.29. The highest BCUT2D eigenvalue weighted by Crippen LogP contribution is 2.03. The summed E-state index contributed by atoms with van der Waals surface area (Å²) in [6.45, 7) is 7.89. The Labute approximate surface area is 86.7 Å². The third-order valence-corrected chi connectivity index (χ3v) is 2.03. The van der Waals surface area contributed by atoms with Gasteiger partial charge in [0, 0.05) is 11.5 Å². The van der Waals surface area contributed by atoms with Crippen molar-refractivity contribution in [2.75, 3.05) is 0 Å². The molecule has 0 spiro atoms. The molecule has 1 atom stereocenters. The van der Waals surface area contributed by atoms with Gasteiger partial charge in [-0.2, -0.15) is 0 Å². The molecule has 0 aliphatic carbocycles. The Hall–Kier alpha value is -1.48. The predicted octanol–water partition coefficient (Wildman–Crippen LogP) is 3.56. The molecule has 0 heteroatoms. The van der Waals surface area contributed by atoms with E-state index in [9.17, 15) is 0 Å². The molecule has 0 N–H and O–H groups in total. The molecule has 0 radical (unpaired) electrons. The number of hydrogen-bond acceptors (Lipinski definition) is 0. The minimum absolute atomic E-state index is 0.397. The molecule has 1 aromatic rings. The van der Waals surface area contributed by atoms with E-state index in [2.05, 4.69) is 56.5 Å². The Bertz CT molecular complexity index is 346. The SMILES string of the molecule is C=CCC(C)C#Cc1ccc(C)cc1. The van der Waals surface area contributed by atoms with E-state index in [0.717, 1.165) is 12.0 Å². The fraction of sp³-hybridized carbons (Fsp3) is 0.286. The topological polar surface area (TPSA) is 0 Å². The number of aryl methyl sites for hydroxylation is 1. The van der Waals surface area contributed by atoms with E-state index in [1.165, 1.54) is 5.56 Å². The Kier molecular flexibility index (Phi) is 4.01. The average Bonchev–Trinajstić information content (AvgIpc) is 2.17. The van der Waals surface area contributed by atoms with Crippen LogP contribution in [0.1, 0.15) is 24.5 Å². The molecule has 0 aromatic heterocycles. The highest BCUT2D eigenvalue weighted by molar-refractivity contribution is 5.36. The van der Waals surface area contributed by atoms with E-state index in [-0.39, 0.29) is 0 Å². The van der Waals surface area contributed by atoms with Crippen LogP contribution in [0.2, 0.25) is 0 Å². The largest absolute Gasteiger partial charge is 0.103 e. The van der Waals surface area contributed by atoms with Gasteiger partial charge in [0.15, 0.2) is 0 Å². The van der Waals surface area contributed by atoms with E-state index in [1.807, 2.05) is 6.08 Å². The molecule has 1 aromatic carbocycles. The van der Waals surface area contributed by atoms with Gasteiger partial charge in [0.2, 0.25) is 0 Å². The number of hydrogen-bond donors (Lipinski definition) is 0. The van der Waals surface area contributed by atoms with Crippen LogP contribution in [0.3, 0.4) is 0 Å². The lowest BCUT2D eigenvalue weighted by Gasteiger charge is -1.96. The molecule has 0 nitrogen and oxygen atoms in total. The van der Waals surface area contributed by atoms with Crippen LogP contribution in [0.4, 0.5) is 0 Å². The Morgan fingerprint density at radius 2 is 2.00 bits per heavy atom. The first-order valence-electron chi connectivity index (χ1n) is 4.91. The molecule has 0 saturated heterocycles. The van der Waals surface area contributed by atoms with Crippen molar-refractivity contribution in [3.05, 3.63) is 48.0 Å². The van der Waals surface area contributed by atoms with Gasteiger partial charge in [-0.25, -0.2) is 0 Å². The molecule has 0 saturated carbocycles. The summed E-state index contributed by atoms with van der Waals surface area (Å²) < 4.78 is 0. The molecule has 14 heavy (non-hydrogen) atoms. The monoisotopic (exact) mass is 184 g/mol.